The predicted molar refractivity (Wildman–Crippen MR) is 78.3 cm³/mol. The van der Waals surface area contributed by atoms with Gasteiger partial charge in [0.2, 0.25) is 0 Å². The molecule has 1 heterocycles. The fraction of sp³-hybridized carbons (Fsp3) is 0.118. The molecule has 0 N–H and O–H groups in total. The Morgan fingerprint density at radius 3 is 2.50 bits per heavy atom. The SMILES string of the molecule is C=C/C(=C\C)c1ccccc1-c1cccnc1C. The molecular formula is C17H17N. The Balaban J connectivity index is 2.66. The van der Waals surface area contributed by atoms with Gasteiger partial charge in [0.25, 0.3) is 0 Å². The lowest BCUT2D eigenvalue weighted by Gasteiger charge is -2.12. The second-order valence-electron chi connectivity index (χ2n) is 4.13. The lowest BCUT2D eigenvalue weighted by atomic mass is 9.94. The summed E-state index contributed by atoms with van der Waals surface area (Å²) in [5.74, 6) is 0. The van der Waals surface area contributed by atoms with E-state index in [1.165, 1.54) is 16.7 Å². The molecule has 0 bridgehead atoms. The van der Waals surface area contributed by atoms with E-state index in [0.717, 1.165) is 11.3 Å². The van der Waals surface area contributed by atoms with Crippen molar-refractivity contribution in [2.75, 3.05) is 0 Å². The molecule has 90 valence electrons. The van der Waals surface area contributed by atoms with Crippen LogP contribution in [0.1, 0.15) is 18.2 Å². The van der Waals surface area contributed by atoms with E-state index in [1.807, 2.05) is 32.2 Å². The quantitative estimate of drug-likeness (QED) is 0.706. The summed E-state index contributed by atoms with van der Waals surface area (Å²) in [5, 5.41) is 0. The summed E-state index contributed by atoms with van der Waals surface area (Å²) in [6.45, 7) is 7.95. The molecule has 0 spiro atoms. The first-order valence-electron chi connectivity index (χ1n) is 6.08. The predicted octanol–water partition coefficient (Wildman–Crippen LogP) is 4.65. The summed E-state index contributed by atoms with van der Waals surface area (Å²) in [6, 6.07) is 12.4. The van der Waals surface area contributed by atoms with Gasteiger partial charge in [0.05, 0.1) is 0 Å². The third-order valence-corrected chi connectivity index (χ3v) is 3.07. The van der Waals surface area contributed by atoms with Gasteiger partial charge < -0.3 is 0 Å². The van der Waals surface area contributed by atoms with Crippen LogP contribution >= 0.6 is 0 Å². The maximum absolute atomic E-state index is 4.36. The number of rotatable bonds is 3. The molecule has 0 unspecified atom stereocenters. The third kappa shape index (κ3) is 2.25. The molecular weight excluding hydrogens is 218 g/mol. The minimum atomic E-state index is 1.05. The first-order valence-corrected chi connectivity index (χ1v) is 6.08. The van der Waals surface area contributed by atoms with E-state index in [9.17, 15) is 0 Å². The van der Waals surface area contributed by atoms with E-state index in [-0.39, 0.29) is 0 Å². The van der Waals surface area contributed by atoms with Crippen LogP contribution in [0.15, 0.2) is 61.3 Å². The molecule has 0 atom stereocenters. The molecule has 0 saturated heterocycles. The van der Waals surface area contributed by atoms with Crippen LogP contribution in [0.4, 0.5) is 0 Å². The van der Waals surface area contributed by atoms with Gasteiger partial charge in [-0.15, -0.1) is 0 Å². The van der Waals surface area contributed by atoms with Gasteiger partial charge in [-0.05, 0) is 36.6 Å². The first-order chi connectivity index (χ1) is 8.77. The van der Waals surface area contributed by atoms with Crippen molar-refractivity contribution in [1.82, 2.24) is 4.98 Å². The number of pyridine rings is 1. The molecule has 0 fully saturated rings. The molecule has 18 heavy (non-hydrogen) atoms. The van der Waals surface area contributed by atoms with Gasteiger partial charge >= 0.3 is 0 Å². The number of allylic oxidation sites excluding steroid dienone is 3. The van der Waals surface area contributed by atoms with Crippen LogP contribution in [0.5, 0.6) is 0 Å². The van der Waals surface area contributed by atoms with Crippen LogP contribution in [0.3, 0.4) is 0 Å². The Morgan fingerprint density at radius 1 is 1.11 bits per heavy atom. The molecule has 0 amide bonds. The second-order valence-corrected chi connectivity index (χ2v) is 4.13. The van der Waals surface area contributed by atoms with Crippen molar-refractivity contribution in [3.8, 4) is 11.1 Å². The summed E-state index contributed by atoms with van der Waals surface area (Å²) in [4.78, 5) is 4.36. The monoisotopic (exact) mass is 235 g/mol. The van der Waals surface area contributed by atoms with Gasteiger partial charge in [0.1, 0.15) is 0 Å². The smallest absolute Gasteiger partial charge is 0.0451 e. The van der Waals surface area contributed by atoms with Crippen LogP contribution in [-0.4, -0.2) is 4.98 Å². The molecule has 1 aromatic carbocycles. The second kappa shape index (κ2) is 5.46. The lowest BCUT2D eigenvalue weighted by Crippen LogP contribution is -1.91. The molecule has 0 aliphatic rings. The zero-order valence-electron chi connectivity index (χ0n) is 10.9. The van der Waals surface area contributed by atoms with Crippen molar-refractivity contribution in [2.45, 2.75) is 13.8 Å². The van der Waals surface area contributed by atoms with Gasteiger partial charge in [-0.25, -0.2) is 0 Å². The number of benzene rings is 1. The summed E-state index contributed by atoms with van der Waals surface area (Å²) < 4.78 is 0. The zero-order valence-corrected chi connectivity index (χ0v) is 10.9. The van der Waals surface area contributed by atoms with E-state index >= 15 is 0 Å². The number of hydrogen-bond donors (Lipinski definition) is 0. The standard InChI is InChI=1S/C17H17N/c1-4-14(5-2)16-9-6-7-10-17(16)15-11-8-12-18-13(15)3/h4-12H,1H2,2-3H3/b14-5+. The highest BCUT2D eigenvalue weighted by atomic mass is 14.7. The normalized spacial score (nSPS) is 11.3. The van der Waals surface area contributed by atoms with Crippen LogP contribution in [0.2, 0.25) is 0 Å². The van der Waals surface area contributed by atoms with E-state index in [1.54, 1.807) is 0 Å². The summed E-state index contributed by atoms with van der Waals surface area (Å²) in [6.07, 6.45) is 5.80. The molecule has 1 aromatic heterocycles. The fourth-order valence-electron chi connectivity index (χ4n) is 2.12. The number of hydrogen-bond acceptors (Lipinski definition) is 1. The molecule has 0 saturated carbocycles. The van der Waals surface area contributed by atoms with E-state index in [0.29, 0.717) is 0 Å². The zero-order chi connectivity index (χ0) is 13.0. The highest BCUT2D eigenvalue weighted by Gasteiger charge is 2.08. The number of aromatic nitrogens is 1. The van der Waals surface area contributed by atoms with Gasteiger partial charge in [0, 0.05) is 17.5 Å². The molecule has 2 aromatic rings. The molecule has 0 radical (unpaired) electrons. The van der Waals surface area contributed by atoms with Gasteiger partial charge in [-0.3, -0.25) is 4.98 Å². The van der Waals surface area contributed by atoms with Gasteiger partial charge in [0.15, 0.2) is 0 Å². The minimum Gasteiger partial charge on any atom is -0.261 e. The fourth-order valence-corrected chi connectivity index (χ4v) is 2.12. The van der Waals surface area contributed by atoms with Crippen LogP contribution in [0.25, 0.3) is 16.7 Å². The highest BCUT2D eigenvalue weighted by molar-refractivity contribution is 5.85. The van der Waals surface area contributed by atoms with Crippen molar-refractivity contribution in [2.24, 2.45) is 0 Å². The largest absolute Gasteiger partial charge is 0.261 e. The Kier molecular flexibility index (Phi) is 3.73. The Labute approximate surface area is 109 Å². The third-order valence-electron chi connectivity index (χ3n) is 3.07. The lowest BCUT2D eigenvalue weighted by molar-refractivity contribution is 1.20. The van der Waals surface area contributed by atoms with Crippen molar-refractivity contribution < 1.29 is 0 Å². The average Bonchev–Trinajstić information content (AvgIpc) is 2.41. The number of nitrogens with zero attached hydrogens (tertiary/aromatic N) is 1. The summed E-state index contributed by atoms with van der Waals surface area (Å²) in [5.41, 5.74) is 5.77. The summed E-state index contributed by atoms with van der Waals surface area (Å²) in [7, 11) is 0. The Hall–Kier alpha value is -2.15. The van der Waals surface area contributed by atoms with Crippen molar-refractivity contribution in [3.05, 3.63) is 72.6 Å². The molecule has 2 rings (SSSR count). The average molecular weight is 235 g/mol. The van der Waals surface area contributed by atoms with Crippen molar-refractivity contribution in [3.63, 3.8) is 0 Å². The van der Waals surface area contributed by atoms with Crippen molar-refractivity contribution >= 4 is 5.57 Å². The molecule has 1 heteroatoms. The number of aryl methyl sites for hydroxylation is 1. The van der Waals surface area contributed by atoms with Gasteiger partial charge in [-0.1, -0.05) is 49.1 Å². The van der Waals surface area contributed by atoms with Gasteiger partial charge in [-0.2, -0.15) is 0 Å². The minimum absolute atomic E-state index is 1.05. The molecule has 0 aliphatic carbocycles. The molecule has 1 nitrogen and oxygen atoms in total. The van der Waals surface area contributed by atoms with E-state index in [2.05, 4.69) is 48.0 Å². The molecule has 0 aliphatic heterocycles. The van der Waals surface area contributed by atoms with E-state index < -0.39 is 0 Å². The maximum Gasteiger partial charge on any atom is 0.0451 e. The van der Waals surface area contributed by atoms with Crippen LogP contribution in [0, 0.1) is 6.92 Å². The topological polar surface area (TPSA) is 12.9 Å². The first kappa shape index (κ1) is 12.3. The Morgan fingerprint density at radius 2 is 1.83 bits per heavy atom. The van der Waals surface area contributed by atoms with Crippen molar-refractivity contribution in [1.29, 1.82) is 0 Å². The Bertz CT molecular complexity index is 594. The van der Waals surface area contributed by atoms with Crippen LogP contribution < -0.4 is 0 Å². The van der Waals surface area contributed by atoms with Crippen LogP contribution in [-0.2, 0) is 0 Å². The highest BCUT2D eigenvalue weighted by Crippen LogP contribution is 2.30. The van der Waals surface area contributed by atoms with E-state index in [4.69, 9.17) is 0 Å². The summed E-state index contributed by atoms with van der Waals surface area (Å²) >= 11 is 0. The maximum atomic E-state index is 4.36.